The van der Waals surface area contributed by atoms with Gasteiger partial charge >= 0.3 is 6.03 Å². The van der Waals surface area contributed by atoms with Crippen LogP contribution in [0, 0.1) is 0 Å². The topological polar surface area (TPSA) is 96.6 Å². The number of nitrogens with zero attached hydrogens (tertiary/aromatic N) is 3. The summed E-state index contributed by atoms with van der Waals surface area (Å²) in [4.78, 5) is 17.2. The maximum absolute atomic E-state index is 11.1. The van der Waals surface area contributed by atoms with Crippen LogP contribution in [-0.4, -0.2) is 69.6 Å². The van der Waals surface area contributed by atoms with E-state index in [4.69, 9.17) is 15.3 Å². The summed E-state index contributed by atoms with van der Waals surface area (Å²) in [5.41, 5.74) is -0.891. The maximum atomic E-state index is 11.1. The summed E-state index contributed by atoms with van der Waals surface area (Å²) in [6.45, 7) is 0.729. The molecule has 2 amide bonds. The number of hydrogen-bond donors (Lipinski definition) is 3. The summed E-state index contributed by atoms with van der Waals surface area (Å²) < 4.78 is 0. The SMILES string of the molecule is CC(CO)(CO)N1C=NC(=O)N(CO)C1. The quantitative estimate of drug-likeness (QED) is 0.527. The van der Waals surface area contributed by atoms with E-state index < -0.39 is 18.3 Å². The first-order valence-electron chi connectivity index (χ1n) is 4.50. The van der Waals surface area contributed by atoms with Crippen molar-refractivity contribution in [2.75, 3.05) is 26.6 Å². The Labute approximate surface area is 87.2 Å². The summed E-state index contributed by atoms with van der Waals surface area (Å²) in [5.74, 6) is 0. The number of carbonyl (C=O) groups excluding carboxylic acids is 1. The van der Waals surface area contributed by atoms with Crippen LogP contribution in [0.25, 0.3) is 0 Å². The van der Waals surface area contributed by atoms with E-state index in [9.17, 15) is 4.79 Å². The molecule has 7 heteroatoms. The van der Waals surface area contributed by atoms with Crippen LogP contribution in [0.5, 0.6) is 0 Å². The van der Waals surface area contributed by atoms with Crippen molar-refractivity contribution in [2.45, 2.75) is 12.5 Å². The molecular weight excluding hydrogens is 202 g/mol. The predicted molar refractivity (Wildman–Crippen MR) is 52.1 cm³/mol. The van der Waals surface area contributed by atoms with Crippen LogP contribution in [0.1, 0.15) is 6.92 Å². The van der Waals surface area contributed by atoms with E-state index in [2.05, 4.69) is 4.99 Å². The Morgan fingerprint density at radius 1 is 1.47 bits per heavy atom. The highest BCUT2D eigenvalue weighted by atomic mass is 16.3. The summed E-state index contributed by atoms with van der Waals surface area (Å²) in [6.07, 6.45) is 1.26. The number of amides is 2. The third-order valence-corrected chi connectivity index (χ3v) is 2.45. The van der Waals surface area contributed by atoms with E-state index in [1.54, 1.807) is 6.92 Å². The second-order valence-corrected chi connectivity index (χ2v) is 3.63. The van der Waals surface area contributed by atoms with Gasteiger partial charge in [0.2, 0.25) is 0 Å². The zero-order valence-corrected chi connectivity index (χ0v) is 8.50. The van der Waals surface area contributed by atoms with Gasteiger partial charge in [-0.15, -0.1) is 0 Å². The van der Waals surface area contributed by atoms with Gasteiger partial charge in [-0.2, -0.15) is 4.99 Å². The van der Waals surface area contributed by atoms with E-state index in [0.29, 0.717) is 0 Å². The molecule has 1 aliphatic rings. The Morgan fingerprint density at radius 2 is 2.07 bits per heavy atom. The van der Waals surface area contributed by atoms with Gasteiger partial charge in [0.05, 0.1) is 31.8 Å². The van der Waals surface area contributed by atoms with Crippen molar-refractivity contribution in [1.82, 2.24) is 9.80 Å². The van der Waals surface area contributed by atoms with E-state index >= 15 is 0 Å². The van der Waals surface area contributed by atoms with Gasteiger partial charge in [-0.3, -0.25) is 4.90 Å². The van der Waals surface area contributed by atoms with Crippen LogP contribution in [0.3, 0.4) is 0 Å². The zero-order chi connectivity index (χ0) is 11.5. The highest BCUT2D eigenvalue weighted by Crippen LogP contribution is 2.15. The van der Waals surface area contributed by atoms with Crippen LogP contribution in [0.2, 0.25) is 0 Å². The minimum absolute atomic E-state index is 0.0937. The molecule has 0 bridgehead atoms. The lowest BCUT2D eigenvalue weighted by atomic mass is 10.0. The smallest absolute Gasteiger partial charge is 0.348 e. The van der Waals surface area contributed by atoms with Crippen LogP contribution in [0.15, 0.2) is 4.99 Å². The molecule has 0 spiro atoms. The molecule has 0 aromatic heterocycles. The average molecular weight is 217 g/mol. The normalized spacial score (nSPS) is 17.5. The van der Waals surface area contributed by atoms with Crippen LogP contribution in [0.4, 0.5) is 4.79 Å². The lowest BCUT2D eigenvalue weighted by Gasteiger charge is -2.41. The molecule has 86 valence electrons. The summed E-state index contributed by atoms with van der Waals surface area (Å²) in [6, 6.07) is -0.535. The Balaban J connectivity index is 2.81. The molecule has 0 aliphatic carbocycles. The molecule has 0 radical (unpaired) electrons. The minimum Gasteiger partial charge on any atom is -0.394 e. The van der Waals surface area contributed by atoms with E-state index in [1.165, 1.54) is 11.2 Å². The second-order valence-electron chi connectivity index (χ2n) is 3.63. The van der Waals surface area contributed by atoms with E-state index in [-0.39, 0.29) is 19.9 Å². The third kappa shape index (κ3) is 2.25. The molecule has 7 nitrogen and oxygen atoms in total. The van der Waals surface area contributed by atoms with Crippen molar-refractivity contribution in [3.05, 3.63) is 0 Å². The third-order valence-electron chi connectivity index (χ3n) is 2.45. The fraction of sp³-hybridized carbons (Fsp3) is 0.750. The Kier molecular flexibility index (Phi) is 3.61. The van der Waals surface area contributed by atoms with Crippen molar-refractivity contribution in [1.29, 1.82) is 0 Å². The number of hydrogen-bond acceptors (Lipinski definition) is 5. The number of carbonyl (C=O) groups is 1. The van der Waals surface area contributed by atoms with Crippen molar-refractivity contribution < 1.29 is 20.1 Å². The standard InChI is InChI=1S/C8H15N3O4/c1-8(2-12,3-13)11-4-9-7(15)10(5-11)6-14/h4,12-14H,2-3,5-6H2,1H3. The Morgan fingerprint density at radius 3 is 2.53 bits per heavy atom. The number of aliphatic hydroxyl groups excluding tert-OH is 3. The van der Waals surface area contributed by atoms with Crippen LogP contribution < -0.4 is 0 Å². The summed E-state index contributed by atoms with van der Waals surface area (Å²) >= 11 is 0. The number of aliphatic hydroxyl groups is 3. The molecule has 0 aromatic carbocycles. The number of aliphatic imine (C=N–C) groups is 1. The molecule has 0 atom stereocenters. The molecule has 1 aliphatic heterocycles. The van der Waals surface area contributed by atoms with E-state index in [1.807, 2.05) is 0 Å². The number of urea groups is 1. The first kappa shape index (κ1) is 11.9. The van der Waals surface area contributed by atoms with Gasteiger partial charge in [0, 0.05) is 0 Å². The fourth-order valence-corrected chi connectivity index (χ4v) is 1.13. The molecule has 0 saturated heterocycles. The molecule has 3 N–H and O–H groups in total. The van der Waals surface area contributed by atoms with Gasteiger partial charge in [-0.1, -0.05) is 0 Å². The van der Waals surface area contributed by atoms with Crippen LogP contribution in [-0.2, 0) is 0 Å². The Bertz CT molecular complexity index is 265. The number of rotatable bonds is 4. The van der Waals surface area contributed by atoms with Gasteiger partial charge in [-0.25, -0.2) is 4.79 Å². The molecule has 0 saturated carbocycles. The van der Waals surface area contributed by atoms with Crippen molar-refractivity contribution in [3.63, 3.8) is 0 Å². The van der Waals surface area contributed by atoms with Gasteiger partial charge in [0.1, 0.15) is 6.73 Å². The molecule has 1 heterocycles. The molecule has 1 rings (SSSR count). The highest BCUT2D eigenvalue weighted by molar-refractivity contribution is 5.85. The average Bonchev–Trinajstić information content (AvgIpc) is 2.28. The van der Waals surface area contributed by atoms with Crippen molar-refractivity contribution in [2.24, 2.45) is 4.99 Å². The largest absolute Gasteiger partial charge is 0.394 e. The van der Waals surface area contributed by atoms with Gasteiger partial charge in [0.25, 0.3) is 0 Å². The molecular formula is C8H15N3O4. The highest BCUT2D eigenvalue weighted by Gasteiger charge is 2.33. The van der Waals surface area contributed by atoms with Crippen LogP contribution >= 0.6 is 0 Å². The summed E-state index contributed by atoms with van der Waals surface area (Å²) in [5, 5.41) is 27.1. The zero-order valence-electron chi connectivity index (χ0n) is 8.50. The fourth-order valence-electron chi connectivity index (χ4n) is 1.13. The monoisotopic (exact) mass is 217 g/mol. The lowest BCUT2D eigenvalue weighted by molar-refractivity contribution is 0.00413. The first-order valence-corrected chi connectivity index (χ1v) is 4.50. The van der Waals surface area contributed by atoms with Gasteiger partial charge in [0.15, 0.2) is 0 Å². The van der Waals surface area contributed by atoms with Gasteiger partial charge < -0.3 is 20.2 Å². The molecule has 0 fully saturated rings. The Hall–Kier alpha value is -1.18. The molecule has 15 heavy (non-hydrogen) atoms. The van der Waals surface area contributed by atoms with Crippen molar-refractivity contribution in [3.8, 4) is 0 Å². The summed E-state index contributed by atoms with van der Waals surface area (Å²) in [7, 11) is 0. The molecule has 0 aromatic rings. The molecule has 0 unspecified atom stereocenters. The van der Waals surface area contributed by atoms with Gasteiger partial charge in [-0.05, 0) is 6.92 Å². The minimum atomic E-state index is -0.891. The second kappa shape index (κ2) is 4.56. The lowest BCUT2D eigenvalue weighted by Crippen LogP contribution is -2.57. The predicted octanol–water partition coefficient (Wildman–Crippen LogP) is -1.60. The van der Waals surface area contributed by atoms with E-state index in [0.717, 1.165) is 4.90 Å². The van der Waals surface area contributed by atoms with Crippen molar-refractivity contribution >= 4 is 12.4 Å². The first-order chi connectivity index (χ1) is 7.07. The maximum Gasteiger partial charge on any atom is 0.348 e.